The highest BCUT2D eigenvalue weighted by atomic mass is 16.2. The van der Waals surface area contributed by atoms with Crippen LogP contribution in [0.2, 0.25) is 0 Å². The average Bonchev–Trinajstić information content (AvgIpc) is 2.54. The quantitative estimate of drug-likeness (QED) is 0.801. The number of nitrogens with zero attached hydrogens (tertiary/aromatic N) is 2. The predicted molar refractivity (Wildman–Crippen MR) is 81.7 cm³/mol. The first-order valence-electron chi connectivity index (χ1n) is 8.19. The number of piperazine rings is 1. The molecule has 1 saturated heterocycles. The van der Waals surface area contributed by atoms with Gasteiger partial charge in [-0.15, -0.1) is 0 Å². The second-order valence-electron chi connectivity index (χ2n) is 6.03. The van der Waals surface area contributed by atoms with Gasteiger partial charge in [-0.25, -0.2) is 4.79 Å². The molecule has 21 heavy (non-hydrogen) atoms. The van der Waals surface area contributed by atoms with E-state index in [-0.39, 0.29) is 17.9 Å². The van der Waals surface area contributed by atoms with E-state index in [4.69, 9.17) is 5.73 Å². The van der Waals surface area contributed by atoms with Crippen molar-refractivity contribution in [2.24, 2.45) is 17.6 Å². The first-order chi connectivity index (χ1) is 10.2. The zero-order valence-electron chi connectivity index (χ0n) is 13.0. The van der Waals surface area contributed by atoms with Crippen molar-refractivity contribution in [3.05, 3.63) is 0 Å². The first kappa shape index (κ1) is 16.1. The van der Waals surface area contributed by atoms with Crippen LogP contribution in [0.4, 0.5) is 4.79 Å². The van der Waals surface area contributed by atoms with Crippen molar-refractivity contribution in [2.75, 3.05) is 39.3 Å². The van der Waals surface area contributed by atoms with Gasteiger partial charge in [0.2, 0.25) is 5.91 Å². The van der Waals surface area contributed by atoms with Crippen LogP contribution >= 0.6 is 0 Å². The van der Waals surface area contributed by atoms with Crippen molar-refractivity contribution in [2.45, 2.75) is 32.6 Å². The summed E-state index contributed by atoms with van der Waals surface area (Å²) in [6.07, 6.45) is 4.37. The lowest BCUT2D eigenvalue weighted by Gasteiger charge is -2.39. The van der Waals surface area contributed by atoms with Gasteiger partial charge in [-0.05, 0) is 32.2 Å². The molecule has 2 atom stereocenters. The first-order valence-corrected chi connectivity index (χ1v) is 8.19. The maximum atomic E-state index is 12.7. The Kier molecular flexibility index (Phi) is 5.85. The summed E-state index contributed by atoms with van der Waals surface area (Å²) in [6.45, 7) is 5.68. The second-order valence-corrected chi connectivity index (χ2v) is 6.03. The Balaban J connectivity index is 1.86. The number of carbonyl (C=O) groups is 2. The summed E-state index contributed by atoms with van der Waals surface area (Å²) in [6, 6.07) is -0.0258. The minimum absolute atomic E-state index is 0.0258. The molecule has 0 radical (unpaired) electrons. The Morgan fingerprint density at radius 1 is 1.10 bits per heavy atom. The molecule has 0 aromatic rings. The molecular weight excluding hydrogens is 268 g/mol. The van der Waals surface area contributed by atoms with Gasteiger partial charge >= 0.3 is 6.03 Å². The average molecular weight is 296 g/mol. The van der Waals surface area contributed by atoms with Gasteiger partial charge in [0.05, 0.1) is 0 Å². The number of hydrogen-bond acceptors (Lipinski definition) is 3. The molecule has 3 N–H and O–H groups in total. The molecule has 1 aliphatic carbocycles. The fourth-order valence-electron chi connectivity index (χ4n) is 3.44. The molecule has 2 aliphatic rings. The number of urea groups is 1. The third-order valence-electron chi connectivity index (χ3n) is 4.74. The summed E-state index contributed by atoms with van der Waals surface area (Å²) in [5.74, 6) is 0.688. The van der Waals surface area contributed by atoms with Gasteiger partial charge < -0.3 is 20.9 Å². The molecule has 0 spiro atoms. The van der Waals surface area contributed by atoms with Crippen LogP contribution in [0.25, 0.3) is 0 Å². The van der Waals surface area contributed by atoms with Crippen molar-refractivity contribution in [3.8, 4) is 0 Å². The lowest BCUT2D eigenvalue weighted by atomic mass is 9.78. The maximum absolute atomic E-state index is 12.7. The number of nitrogens with two attached hydrogens (primary N) is 1. The second kappa shape index (κ2) is 7.64. The Labute approximate surface area is 127 Å². The topological polar surface area (TPSA) is 78.7 Å². The zero-order chi connectivity index (χ0) is 15.2. The maximum Gasteiger partial charge on any atom is 0.317 e. The molecule has 1 saturated carbocycles. The fraction of sp³-hybridized carbons (Fsp3) is 0.867. The molecule has 1 heterocycles. The minimum atomic E-state index is -0.0258. The number of amides is 3. The van der Waals surface area contributed by atoms with E-state index >= 15 is 0 Å². The third-order valence-corrected chi connectivity index (χ3v) is 4.74. The molecule has 6 heteroatoms. The molecule has 6 nitrogen and oxygen atoms in total. The van der Waals surface area contributed by atoms with Gasteiger partial charge in [-0.3, -0.25) is 4.79 Å². The van der Waals surface area contributed by atoms with Crippen molar-refractivity contribution in [1.82, 2.24) is 15.1 Å². The lowest BCUT2D eigenvalue weighted by molar-refractivity contribution is -0.139. The van der Waals surface area contributed by atoms with Crippen LogP contribution in [-0.2, 0) is 4.79 Å². The molecule has 2 unspecified atom stereocenters. The Morgan fingerprint density at radius 3 is 2.33 bits per heavy atom. The van der Waals surface area contributed by atoms with Gasteiger partial charge in [-0.1, -0.05) is 12.8 Å². The molecule has 2 rings (SSSR count). The summed E-state index contributed by atoms with van der Waals surface area (Å²) >= 11 is 0. The van der Waals surface area contributed by atoms with E-state index in [0.717, 1.165) is 19.3 Å². The Hall–Kier alpha value is -1.30. The van der Waals surface area contributed by atoms with E-state index in [0.29, 0.717) is 45.2 Å². The number of carbonyl (C=O) groups excluding carboxylic acids is 2. The SMILES string of the molecule is CCNC(=O)N1CCN(C(=O)C2CCCCC2CN)CC1. The zero-order valence-corrected chi connectivity index (χ0v) is 13.0. The summed E-state index contributed by atoms with van der Waals surface area (Å²) in [5.41, 5.74) is 5.82. The highest BCUT2D eigenvalue weighted by Gasteiger charge is 2.34. The molecule has 0 aromatic carbocycles. The van der Waals surface area contributed by atoms with E-state index in [2.05, 4.69) is 5.32 Å². The fourth-order valence-corrected chi connectivity index (χ4v) is 3.44. The van der Waals surface area contributed by atoms with Gasteiger partial charge in [0.25, 0.3) is 0 Å². The van der Waals surface area contributed by atoms with E-state index in [1.807, 2.05) is 11.8 Å². The summed E-state index contributed by atoms with van der Waals surface area (Å²) in [7, 11) is 0. The van der Waals surface area contributed by atoms with Crippen LogP contribution in [-0.4, -0.2) is 61.0 Å². The normalized spacial score (nSPS) is 26.6. The molecule has 0 bridgehead atoms. The highest BCUT2D eigenvalue weighted by molar-refractivity contribution is 5.80. The Morgan fingerprint density at radius 2 is 1.71 bits per heavy atom. The number of hydrogen-bond donors (Lipinski definition) is 2. The van der Waals surface area contributed by atoms with E-state index < -0.39 is 0 Å². The number of nitrogens with one attached hydrogen (secondary N) is 1. The van der Waals surface area contributed by atoms with Crippen LogP contribution in [0.3, 0.4) is 0 Å². The lowest BCUT2D eigenvalue weighted by Crippen LogP contribution is -2.55. The molecule has 0 aromatic heterocycles. The van der Waals surface area contributed by atoms with E-state index in [1.165, 1.54) is 6.42 Å². The van der Waals surface area contributed by atoms with Crippen molar-refractivity contribution in [3.63, 3.8) is 0 Å². The van der Waals surface area contributed by atoms with Crippen molar-refractivity contribution in [1.29, 1.82) is 0 Å². The van der Waals surface area contributed by atoms with Crippen LogP contribution in [0, 0.1) is 11.8 Å². The minimum Gasteiger partial charge on any atom is -0.339 e. The van der Waals surface area contributed by atoms with Gasteiger partial charge in [-0.2, -0.15) is 0 Å². The highest BCUT2D eigenvalue weighted by Crippen LogP contribution is 2.31. The standard InChI is InChI=1S/C15H28N4O2/c1-2-17-15(21)19-9-7-18(8-10-19)14(20)13-6-4-3-5-12(13)11-16/h12-13H,2-11,16H2,1H3,(H,17,21). The van der Waals surface area contributed by atoms with Crippen LogP contribution in [0.15, 0.2) is 0 Å². The van der Waals surface area contributed by atoms with Gasteiger partial charge in [0, 0.05) is 38.6 Å². The predicted octanol–water partition coefficient (Wildman–Crippen LogP) is 0.625. The van der Waals surface area contributed by atoms with Gasteiger partial charge in [0.1, 0.15) is 0 Å². The molecule has 1 aliphatic heterocycles. The van der Waals surface area contributed by atoms with Crippen LogP contribution in [0.5, 0.6) is 0 Å². The van der Waals surface area contributed by atoms with Crippen molar-refractivity contribution < 1.29 is 9.59 Å². The Bertz CT molecular complexity index is 367. The molecular formula is C15H28N4O2. The third kappa shape index (κ3) is 3.87. The largest absolute Gasteiger partial charge is 0.339 e. The molecule has 2 fully saturated rings. The van der Waals surface area contributed by atoms with Crippen LogP contribution in [0.1, 0.15) is 32.6 Å². The van der Waals surface area contributed by atoms with Gasteiger partial charge in [0.15, 0.2) is 0 Å². The van der Waals surface area contributed by atoms with E-state index in [1.54, 1.807) is 4.90 Å². The summed E-state index contributed by atoms with van der Waals surface area (Å²) < 4.78 is 0. The summed E-state index contributed by atoms with van der Waals surface area (Å²) in [5, 5.41) is 2.81. The summed E-state index contributed by atoms with van der Waals surface area (Å²) in [4.78, 5) is 28.2. The monoisotopic (exact) mass is 296 g/mol. The van der Waals surface area contributed by atoms with Crippen LogP contribution < -0.4 is 11.1 Å². The number of rotatable bonds is 3. The van der Waals surface area contributed by atoms with E-state index in [9.17, 15) is 9.59 Å². The molecule has 3 amide bonds. The van der Waals surface area contributed by atoms with Crippen molar-refractivity contribution >= 4 is 11.9 Å². The molecule has 120 valence electrons. The smallest absolute Gasteiger partial charge is 0.317 e.